The second-order valence-electron chi connectivity index (χ2n) is 6.21. The second kappa shape index (κ2) is 9.38. The number of amides is 3. The van der Waals surface area contributed by atoms with Crippen molar-refractivity contribution in [3.8, 4) is 0 Å². The lowest BCUT2D eigenvalue weighted by atomic mass is 10.1. The summed E-state index contributed by atoms with van der Waals surface area (Å²) in [6.07, 6.45) is 0.864. The number of carbonyl (C=O) groups excluding carboxylic acids is 3. The maximum atomic E-state index is 12.0. The van der Waals surface area contributed by atoms with Gasteiger partial charge in [-0.05, 0) is 55.8 Å². The van der Waals surface area contributed by atoms with E-state index < -0.39 is 5.91 Å². The summed E-state index contributed by atoms with van der Waals surface area (Å²) in [5, 5.41) is 8.58. The van der Waals surface area contributed by atoms with Gasteiger partial charge in [-0.3, -0.25) is 14.4 Å². The van der Waals surface area contributed by atoms with E-state index in [1.807, 2.05) is 13.8 Å². The molecule has 7 nitrogen and oxygen atoms in total. The molecule has 1 unspecified atom stereocenters. The number of rotatable bonds is 8. The number of nitrogens with one attached hydrogen (secondary N) is 3. The smallest absolute Gasteiger partial charge is 0.251 e. The Kier molecular flexibility index (Phi) is 6.93. The minimum Gasteiger partial charge on any atom is -0.376 e. The van der Waals surface area contributed by atoms with Crippen molar-refractivity contribution in [3.05, 3.63) is 59.7 Å². The van der Waals surface area contributed by atoms with Crippen molar-refractivity contribution < 1.29 is 14.4 Å². The van der Waals surface area contributed by atoms with Crippen molar-refractivity contribution in [1.82, 2.24) is 5.32 Å². The van der Waals surface area contributed by atoms with Gasteiger partial charge in [0.1, 0.15) is 0 Å². The first kappa shape index (κ1) is 20.0. The summed E-state index contributed by atoms with van der Waals surface area (Å²) in [5.74, 6) is -0.945. The Morgan fingerprint density at radius 1 is 1.00 bits per heavy atom. The molecule has 5 N–H and O–H groups in total. The summed E-state index contributed by atoms with van der Waals surface area (Å²) >= 11 is 0. The van der Waals surface area contributed by atoms with Crippen LogP contribution in [0.3, 0.4) is 0 Å². The third-order valence-electron chi connectivity index (χ3n) is 4.02. The Labute approximate surface area is 158 Å². The maximum Gasteiger partial charge on any atom is 0.251 e. The van der Waals surface area contributed by atoms with Crippen molar-refractivity contribution in [2.45, 2.75) is 26.3 Å². The Morgan fingerprint density at radius 2 is 1.70 bits per heavy atom. The average molecular weight is 368 g/mol. The number of carbonyl (C=O) groups is 3. The van der Waals surface area contributed by atoms with Crippen molar-refractivity contribution in [2.24, 2.45) is 5.73 Å². The molecule has 0 aliphatic heterocycles. The second-order valence-corrected chi connectivity index (χ2v) is 6.21. The summed E-state index contributed by atoms with van der Waals surface area (Å²) in [6, 6.07) is 13.4. The lowest BCUT2D eigenvalue weighted by molar-refractivity contribution is -0.114. The topological polar surface area (TPSA) is 113 Å². The molecule has 0 heterocycles. The maximum absolute atomic E-state index is 12.0. The van der Waals surface area contributed by atoms with Crippen LogP contribution in [0.25, 0.3) is 0 Å². The quantitative estimate of drug-likeness (QED) is 0.573. The zero-order chi connectivity index (χ0) is 19.8. The fraction of sp³-hybridized carbons (Fsp3) is 0.250. The van der Waals surface area contributed by atoms with Gasteiger partial charge in [-0.1, -0.05) is 13.0 Å². The first-order chi connectivity index (χ1) is 12.9. The molecule has 0 aromatic heterocycles. The first-order valence-corrected chi connectivity index (χ1v) is 8.73. The Balaban J connectivity index is 1.87. The molecule has 2 aromatic carbocycles. The normalized spacial score (nSPS) is 11.3. The number of hydrogen-bond donors (Lipinski definition) is 4. The molecule has 0 spiro atoms. The van der Waals surface area contributed by atoms with Crippen molar-refractivity contribution in [3.63, 3.8) is 0 Å². The van der Waals surface area contributed by atoms with Crippen molar-refractivity contribution in [1.29, 1.82) is 0 Å². The van der Waals surface area contributed by atoms with Gasteiger partial charge < -0.3 is 21.7 Å². The van der Waals surface area contributed by atoms with Gasteiger partial charge in [-0.2, -0.15) is 0 Å². The Bertz CT molecular complexity index is 818. The van der Waals surface area contributed by atoms with Gasteiger partial charge in [0.25, 0.3) is 5.91 Å². The van der Waals surface area contributed by atoms with E-state index in [9.17, 15) is 14.4 Å². The van der Waals surface area contributed by atoms with Crippen LogP contribution in [0.2, 0.25) is 0 Å². The van der Waals surface area contributed by atoms with Gasteiger partial charge >= 0.3 is 0 Å². The van der Waals surface area contributed by atoms with E-state index in [-0.39, 0.29) is 24.4 Å². The molecule has 2 aromatic rings. The van der Waals surface area contributed by atoms with E-state index in [1.165, 1.54) is 6.07 Å². The van der Waals surface area contributed by atoms with Crippen LogP contribution in [-0.2, 0) is 4.79 Å². The molecule has 0 radical (unpaired) electrons. The Morgan fingerprint density at radius 3 is 2.33 bits per heavy atom. The molecule has 27 heavy (non-hydrogen) atoms. The summed E-state index contributed by atoms with van der Waals surface area (Å²) in [4.78, 5) is 35.3. The predicted octanol–water partition coefficient (Wildman–Crippen LogP) is 2.36. The summed E-state index contributed by atoms with van der Waals surface area (Å²) < 4.78 is 0. The van der Waals surface area contributed by atoms with E-state index in [0.29, 0.717) is 16.8 Å². The average Bonchev–Trinajstić information content (AvgIpc) is 2.66. The highest BCUT2D eigenvalue weighted by molar-refractivity contribution is 5.97. The Hall–Kier alpha value is -3.35. The van der Waals surface area contributed by atoms with Gasteiger partial charge in [0.15, 0.2) is 0 Å². The third kappa shape index (κ3) is 6.14. The molecule has 0 bridgehead atoms. The van der Waals surface area contributed by atoms with Crippen LogP contribution in [0.4, 0.5) is 11.4 Å². The molecule has 2 rings (SSSR count). The standard InChI is InChI=1S/C20H24N4O3/c1-3-13(2)23-20(27)14-7-9-16(10-8-14)22-12-18(25)24-17-6-4-5-15(11-17)19(21)26/h4-11,13,22H,3,12H2,1-2H3,(H2,21,26)(H,23,27)(H,24,25). The fourth-order valence-electron chi connectivity index (χ4n) is 2.29. The van der Waals surface area contributed by atoms with E-state index in [2.05, 4.69) is 16.0 Å². The third-order valence-corrected chi connectivity index (χ3v) is 4.02. The van der Waals surface area contributed by atoms with Gasteiger partial charge in [-0.15, -0.1) is 0 Å². The van der Waals surface area contributed by atoms with Crippen molar-refractivity contribution >= 4 is 29.1 Å². The molecule has 0 aliphatic rings. The minimum absolute atomic E-state index is 0.0409. The van der Waals surface area contributed by atoms with Crippen LogP contribution in [0.1, 0.15) is 41.0 Å². The van der Waals surface area contributed by atoms with Gasteiger partial charge in [-0.25, -0.2) is 0 Å². The summed E-state index contributed by atoms with van der Waals surface area (Å²) in [5.41, 5.74) is 7.33. The molecular weight excluding hydrogens is 344 g/mol. The monoisotopic (exact) mass is 368 g/mol. The number of benzene rings is 2. The molecule has 3 amide bonds. The number of nitrogens with two attached hydrogens (primary N) is 1. The molecule has 142 valence electrons. The van der Waals surface area contributed by atoms with Crippen LogP contribution in [0.15, 0.2) is 48.5 Å². The highest BCUT2D eigenvalue weighted by atomic mass is 16.2. The van der Waals surface area contributed by atoms with Crippen LogP contribution in [-0.4, -0.2) is 30.3 Å². The lowest BCUT2D eigenvalue weighted by Crippen LogP contribution is -2.31. The highest BCUT2D eigenvalue weighted by Gasteiger charge is 2.09. The van der Waals surface area contributed by atoms with Crippen molar-refractivity contribution in [2.75, 3.05) is 17.2 Å². The van der Waals surface area contributed by atoms with Crippen LogP contribution in [0.5, 0.6) is 0 Å². The minimum atomic E-state index is -0.554. The zero-order valence-electron chi connectivity index (χ0n) is 15.4. The number of primary amides is 1. The van der Waals surface area contributed by atoms with E-state index in [0.717, 1.165) is 12.1 Å². The molecule has 0 aliphatic carbocycles. The van der Waals surface area contributed by atoms with Crippen LogP contribution in [0, 0.1) is 0 Å². The molecule has 0 saturated carbocycles. The number of anilines is 2. The zero-order valence-corrected chi connectivity index (χ0v) is 15.4. The number of hydrogen-bond acceptors (Lipinski definition) is 4. The van der Waals surface area contributed by atoms with Crippen LogP contribution >= 0.6 is 0 Å². The SMILES string of the molecule is CCC(C)NC(=O)c1ccc(NCC(=O)Nc2cccc(C(N)=O)c2)cc1. The first-order valence-electron chi connectivity index (χ1n) is 8.73. The summed E-state index contributed by atoms with van der Waals surface area (Å²) in [6.45, 7) is 4.00. The van der Waals surface area contributed by atoms with Gasteiger partial charge in [0.2, 0.25) is 11.8 Å². The van der Waals surface area contributed by atoms with Gasteiger partial charge in [0.05, 0.1) is 6.54 Å². The van der Waals surface area contributed by atoms with Crippen LogP contribution < -0.4 is 21.7 Å². The molecule has 7 heteroatoms. The van der Waals surface area contributed by atoms with E-state index in [4.69, 9.17) is 5.73 Å². The largest absolute Gasteiger partial charge is 0.376 e. The van der Waals surface area contributed by atoms with E-state index >= 15 is 0 Å². The highest BCUT2D eigenvalue weighted by Crippen LogP contribution is 2.12. The summed E-state index contributed by atoms with van der Waals surface area (Å²) in [7, 11) is 0. The lowest BCUT2D eigenvalue weighted by Gasteiger charge is -2.12. The van der Waals surface area contributed by atoms with E-state index in [1.54, 1.807) is 42.5 Å². The molecular formula is C20H24N4O3. The molecule has 0 saturated heterocycles. The van der Waals surface area contributed by atoms with Gasteiger partial charge in [0, 0.05) is 28.5 Å². The predicted molar refractivity (Wildman–Crippen MR) is 106 cm³/mol. The molecule has 1 atom stereocenters. The fourth-order valence-corrected chi connectivity index (χ4v) is 2.29. The molecule has 0 fully saturated rings.